The minimum atomic E-state index is -4.84. The van der Waals surface area contributed by atoms with E-state index in [2.05, 4.69) is 20.1 Å². The molecule has 2 aliphatic rings. The summed E-state index contributed by atoms with van der Waals surface area (Å²) in [4.78, 5) is 45.0. The number of pyridine rings is 1. The van der Waals surface area contributed by atoms with Crippen LogP contribution in [0.15, 0.2) is 76.3 Å². The second-order valence-electron chi connectivity index (χ2n) is 15.5. The fraction of sp³-hybridized carbons (Fsp3) is 0.442. The van der Waals surface area contributed by atoms with Gasteiger partial charge >= 0.3 is 12.4 Å². The molecule has 2 saturated heterocycles. The standard InChI is InChI=1S/C43H45F7N6O5/c1-26-8-13-37(56(26)28-10-12-35-31(24-28)33(42(45,46)47)25-38(57)51-35)39(43(48,49)50)61-20-5-4-19-60-21-18-54-14-16-55(17-15-54)41(59)32-22-27(9-11-34(32)44)23-36-29-6-2-3-7-30(29)40(58)53-52-36/h2-3,6-7,9-12,22,24-26,37,39H,4-5,8,13-21,23H2,1H3,(H,51,57)(H,53,58)/t26-,37+,39?/m0/s1. The molecule has 18 heteroatoms. The van der Waals surface area contributed by atoms with Crippen LogP contribution in [0.3, 0.4) is 0 Å². The van der Waals surface area contributed by atoms with E-state index in [0.717, 1.165) is 0 Å². The number of anilines is 1. The van der Waals surface area contributed by atoms with Crippen LogP contribution in [0.25, 0.3) is 21.7 Å². The molecule has 2 aliphatic heterocycles. The summed E-state index contributed by atoms with van der Waals surface area (Å²) in [6, 6.07) is 14.1. The number of carbonyl (C=O) groups is 1. The number of aromatic nitrogens is 3. The van der Waals surface area contributed by atoms with E-state index in [4.69, 9.17) is 9.47 Å². The van der Waals surface area contributed by atoms with Crippen LogP contribution in [0, 0.1) is 5.82 Å². The highest BCUT2D eigenvalue weighted by Crippen LogP contribution is 2.41. The average molecular weight is 859 g/mol. The Bertz CT molecular complexity index is 2470. The number of amides is 1. The molecule has 2 fully saturated rings. The number of aromatic amines is 2. The van der Waals surface area contributed by atoms with Gasteiger partial charge in [0.05, 0.1) is 34.9 Å². The van der Waals surface area contributed by atoms with Crippen LogP contribution in [-0.2, 0) is 22.1 Å². The minimum absolute atomic E-state index is 0.0453. The number of ether oxygens (including phenoxy) is 2. The van der Waals surface area contributed by atoms with Crippen molar-refractivity contribution in [2.75, 3.05) is 57.4 Å². The van der Waals surface area contributed by atoms with Crippen molar-refractivity contribution < 1.29 is 45.0 Å². The number of unbranched alkanes of at least 4 members (excludes halogenated alkanes) is 1. The molecule has 326 valence electrons. The van der Waals surface area contributed by atoms with Crippen molar-refractivity contribution in [2.24, 2.45) is 0 Å². The topological polar surface area (TPSA) is 124 Å². The Morgan fingerprint density at radius 2 is 1.61 bits per heavy atom. The summed E-state index contributed by atoms with van der Waals surface area (Å²) in [5.74, 6) is -1.06. The van der Waals surface area contributed by atoms with Crippen LogP contribution in [0.5, 0.6) is 0 Å². The number of halogens is 7. The molecule has 5 aromatic rings. The zero-order valence-electron chi connectivity index (χ0n) is 33.3. The van der Waals surface area contributed by atoms with E-state index in [9.17, 15) is 45.1 Å². The highest BCUT2D eigenvalue weighted by atomic mass is 19.4. The number of hydrogen-bond acceptors (Lipinski definition) is 8. The maximum atomic E-state index is 14.9. The summed E-state index contributed by atoms with van der Waals surface area (Å²) in [5.41, 5.74) is -1.10. The highest BCUT2D eigenvalue weighted by Gasteiger charge is 2.50. The lowest BCUT2D eigenvalue weighted by atomic mass is 10.0. The Kier molecular flexibility index (Phi) is 13.2. The molecule has 2 aromatic heterocycles. The van der Waals surface area contributed by atoms with E-state index >= 15 is 0 Å². The maximum Gasteiger partial charge on any atom is 0.417 e. The van der Waals surface area contributed by atoms with E-state index in [0.29, 0.717) is 80.3 Å². The number of fused-ring (bicyclic) bond motifs is 2. The van der Waals surface area contributed by atoms with Crippen molar-refractivity contribution >= 4 is 33.3 Å². The average Bonchev–Trinajstić information content (AvgIpc) is 3.60. The Labute approximate surface area is 345 Å². The number of H-pyrrole nitrogens is 2. The third-order valence-electron chi connectivity index (χ3n) is 11.4. The first-order valence-electron chi connectivity index (χ1n) is 20.1. The zero-order valence-corrected chi connectivity index (χ0v) is 33.3. The second-order valence-corrected chi connectivity index (χ2v) is 15.5. The molecule has 0 saturated carbocycles. The first-order chi connectivity index (χ1) is 29.1. The van der Waals surface area contributed by atoms with Gasteiger partial charge in [-0.15, -0.1) is 0 Å². The predicted molar refractivity (Wildman–Crippen MR) is 214 cm³/mol. The van der Waals surface area contributed by atoms with Gasteiger partial charge in [-0.2, -0.15) is 31.4 Å². The van der Waals surface area contributed by atoms with Gasteiger partial charge in [-0.3, -0.25) is 19.3 Å². The number of nitrogens with one attached hydrogen (secondary N) is 2. The van der Waals surface area contributed by atoms with Crippen LogP contribution in [0.1, 0.15) is 59.8 Å². The summed E-state index contributed by atoms with van der Waals surface area (Å²) < 4.78 is 111. The fourth-order valence-electron chi connectivity index (χ4n) is 8.32. The Morgan fingerprint density at radius 1 is 0.869 bits per heavy atom. The molecule has 0 aliphatic carbocycles. The molecular formula is C43H45F7N6O5. The minimum Gasteiger partial charge on any atom is -0.380 e. The van der Waals surface area contributed by atoms with Crippen molar-refractivity contribution in [2.45, 2.75) is 69.6 Å². The number of hydrogen-bond donors (Lipinski definition) is 2. The molecule has 3 aromatic carbocycles. The van der Waals surface area contributed by atoms with E-state index in [1.54, 1.807) is 42.2 Å². The molecule has 1 amide bonds. The predicted octanol–water partition coefficient (Wildman–Crippen LogP) is 7.07. The van der Waals surface area contributed by atoms with Gasteiger partial charge in [0.2, 0.25) is 5.56 Å². The molecule has 0 spiro atoms. The van der Waals surface area contributed by atoms with Crippen molar-refractivity contribution in [1.82, 2.24) is 25.0 Å². The lowest BCUT2D eigenvalue weighted by Crippen LogP contribution is -2.50. The third kappa shape index (κ3) is 10.1. The molecule has 3 atom stereocenters. The van der Waals surface area contributed by atoms with Crippen LogP contribution in [0.2, 0.25) is 0 Å². The van der Waals surface area contributed by atoms with Crippen molar-refractivity contribution in [1.29, 1.82) is 0 Å². The molecule has 7 rings (SSSR count). The summed E-state index contributed by atoms with van der Waals surface area (Å²) >= 11 is 0. The SMILES string of the molecule is C[C@H]1CC[C@H](C(OCCCCOCCN2CCN(C(=O)c3cc(Cc4n[nH]c(=O)c5ccccc45)ccc3F)CC2)C(F)(F)F)N1c1ccc2[nH]c(=O)cc(C(F)(F)F)c2c1. The van der Waals surface area contributed by atoms with Crippen LogP contribution in [-0.4, -0.2) is 108 Å². The quantitative estimate of drug-likeness (QED) is 0.0899. The zero-order chi connectivity index (χ0) is 43.5. The van der Waals surface area contributed by atoms with E-state index in [1.807, 2.05) is 0 Å². The molecular weight excluding hydrogens is 813 g/mol. The molecule has 0 bridgehead atoms. The Balaban J connectivity index is 0.850. The molecule has 1 unspecified atom stereocenters. The number of rotatable bonds is 14. The van der Waals surface area contributed by atoms with Gasteiger partial charge in [-0.1, -0.05) is 24.3 Å². The van der Waals surface area contributed by atoms with Crippen molar-refractivity contribution in [3.05, 3.63) is 116 Å². The largest absolute Gasteiger partial charge is 0.417 e. The van der Waals surface area contributed by atoms with E-state index < -0.39 is 53.4 Å². The molecule has 0 radical (unpaired) electrons. The van der Waals surface area contributed by atoms with Crippen LogP contribution >= 0.6 is 0 Å². The van der Waals surface area contributed by atoms with Crippen LogP contribution in [0.4, 0.5) is 36.4 Å². The Morgan fingerprint density at radius 3 is 2.34 bits per heavy atom. The fourth-order valence-corrected chi connectivity index (χ4v) is 8.32. The lowest BCUT2D eigenvalue weighted by molar-refractivity contribution is -0.226. The van der Waals surface area contributed by atoms with Crippen molar-refractivity contribution in [3.8, 4) is 0 Å². The van der Waals surface area contributed by atoms with E-state index in [-0.39, 0.29) is 60.2 Å². The van der Waals surface area contributed by atoms with Gasteiger partial charge in [0, 0.05) is 86.4 Å². The molecule has 11 nitrogen and oxygen atoms in total. The first kappa shape index (κ1) is 43.7. The Hall–Kier alpha value is -5.33. The molecule has 2 N–H and O–H groups in total. The van der Waals surface area contributed by atoms with Gasteiger partial charge in [0.25, 0.3) is 11.5 Å². The summed E-state index contributed by atoms with van der Waals surface area (Å²) in [5, 5.41) is 7.53. The van der Waals surface area contributed by atoms with Gasteiger partial charge in [-0.05, 0) is 74.6 Å². The number of carbonyl (C=O) groups excluding carboxylic acids is 1. The monoisotopic (exact) mass is 858 g/mol. The van der Waals surface area contributed by atoms with Gasteiger partial charge in [-0.25, -0.2) is 9.49 Å². The second kappa shape index (κ2) is 18.3. The summed E-state index contributed by atoms with van der Waals surface area (Å²) in [7, 11) is 0. The molecule has 4 heterocycles. The first-order valence-corrected chi connectivity index (χ1v) is 20.1. The summed E-state index contributed by atoms with van der Waals surface area (Å²) in [6.45, 7) is 4.53. The number of alkyl halides is 6. The maximum absolute atomic E-state index is 14.9. The number of benzene rings is 3. The van der Waals surface area contributed by atoms with E-state index in [1.165, 1.54) is 35.2 Å². The third-order valence-corrected chi connectivity index (χ3v) is 11.4. The number of piperazine rings is 1. The lowest BCUT2D eigenvalue weighted by Gasteiger charge is -2.36. The molecule has 61 heavy (non-hydrogen) atoms. The summed E-state index contributed by atoms with van der Waals surface area (Å²) in [6.07, 6.45) is -10.3. The smallest absolute Gasteiger partial charge is 0.380 e. The normalized spacial score (nSPS) is 18.4. The highest BCUT2D eigenvalue weighted by molar-refractivity contribution is 5.95. The van der Waals surface area contributed by atoms with Crippen LogP contribution < -0.4 is 16.0 Å². The van der Waals surface area contributed by atoms with Gasteiger partial charge < -0.3 is 24.3 Å². The number of nitrogens with zero attached hydrogens (tertiary/aromatic N) is 4. The van der Waals surface area contributed by atoms with Crippen molar-refractivity contribution in [3.63, 3.8) is 0 Å². The van der Waals surface area contributed by atoms with Gasteiger partial charge in [0.15, 0.2) is 6.10 Å². The van der Waals surface area contributed by atoms with Gasteiger partial charge in [0.1, 0.15) is 5.82 Å².